The van der Waals surface area contributed by atoms with Crippen molar-refractivity contribution in [3.05, 3.63) is 71.1 Å². The van der Waals surface area contributed by atoms with Gasteiger partial charge in [-0.2, -0.15) is 18.3 Å². The minimum absolute atomic E-state index is 0.0547. The van der Waals surface area contributed by atoms with Gasteiger partial charge in [-0.1, -0.05) is 23.7 Å². The molecule has 0 radical (unpaired) electrons. The molecular weight excluding hydrogens is 412 g/mol. The van der Waals surface area contributed by atoms with E-state index >= 15 is 0 Å². The number of hydrogen-bond acceptors (Lipinski definition) is 3. The van der Waals surface area contributed by atoms with Crippen molar-refractivity contribution in [2.75, 3.05) is 0 Å². The van der Waals surface area contributed by atoms with Crippen LogP contribution in [0.3, 0.4) is 0 Å². The average molecular weight is 423 g/mol. The molecule has 9 heteroatoms. The van der Waals surface area contributed by atoms with E-state index in [1.54, 1.807) is 30.3 Å². The lowest BCUT2D eigenvalue weighted by Gasteiger charge is -2.12. The number of rotatable bonds is 2. The molecule has 0 spiro atoms. The SMILES string of the molecule is Oc1ccc(-c2ccc3c(cnn3-c3cc(O)c(F)c(C(F)(F)F)c3)c2)cc1Cl. The molecule has 2 N–H and O–H groups in total. The molecule has 1 heterocycles. The number of fused-ring (bicyclic) bond motifs is 1. The van der Waals surface area contributed by atoms with Gasteiger partial charge in [0.25, 0.3) is 0 Å². The molecule has 0 bridgehead atoms. The quantitative estimate of drug-likeness (QED) is 0.394. The van der Waals surface area contributed by atoms with E-state index in [1.807, 2.05) is 0 Å². The van der Waals surface area contributed by atoms with Crippen LogP contribution in [0.4, 0.5) is 17.6 Å². The minimum atomic E-state index is -4.97. The fourth-order valence-corrected chi connectivity index (χ4v) is 3.21. The van der Waals surface area contributed by atoms with Crippen molar-refractivity contribution in [3.63, 3.8) is 0 Å². The summed E-state index contributed by atoms with van der Waals surface area (Å²) >= 11 is 5.93. The molecule has 0 saturated carbocycles. The summed E-state index contributed by atoms with van der Waals surface area (Å²) in [6.45, 7) is 0. The topological polar surface area (TPSA) is 58.3 Å². The molecule has 0 amide bonds. The lowest BCUT2D eigenvalue weighted by atomic mass is 10.0. The molecular formula is C20H11ClF4N2O2. The Bertz CT molecular complexity index is 1250. The number of alkyl halides is 3. The van der Waals surface area contributed by atoms with Crippen molar-refractivity contribution in [1.29, 1.82) is 0 Å². The maximum atomic E-state index is 13.7. The Labute approximate surface area is 166 Å². The molecule has 0 atom stereocenters. The summed E-state index contributed by atoms with van der Waals surface area (Å²) in [6, 6.07) is 11.3. The summed E-state index contributed by atoms with van der Waals surface area (Å²) in [7, 11) is 0. The number of phenolic OH excluding ortho intramolecular Hbond substituents is 2. The standard InChI is InChI=1S/C20H11ClF4N2O2/c21-15-6-11(2-4-17(15)28)10-1-3-16-12(5-10)9-26-27(16)13-7-14(20(23,24)25)19(22)18(29)8-13/h1-9,28-29H. The summed E-state index contributed by atoms with van der Waals surface area (Å²) < 4.78 is 54.1. The van der Waals surface area contributed by atoms with Gasteiger partial charge in [0.15, 0.2) is 11.6 Å². The zero-order chi connectivity index (χ0) is 20.9. The number of hydrogen-bond donors (Lipinski definition) is 2. The number of halogens is 5. The van der Waals surface area contributed by atoms with E-state index in [1.165, 1.54) is 16.9 Å². The van der Waals surface area contributed by atoms with Crippen molar-refractivity contribution in [2.45, 2.75) is 6.18 Å². The molecule has 4 rings (SSSR count). The highest BCUT2D eigenvalue weighted by atomic mass is 35.5. The third-order valence-electron chi connectivity index (χ3n) is 4.44. The summed E-state index contributed by atoms with van der Waals surface area (Å²) in [6.07, 6.45) is -3.53. The van der Waals surface area contributed by atoms with Crippen LogP contribution in [0, 0.1) is 5.82 Å². The van der Waals surface area contributed by atoms with Crippen molar-refractivity contribution >= 4 is 22.5 Å². The fourth-order valence-electron chi connectivity index (χ4n) is 3.03. The smallest absolute Gasteiger partial charge is 0.419 e. The first-order valence-corrected chi connectivity index (χ1v) is 8.59. The van der Waals surface area contributed by atoms with Gasteiger partial charge >= 0.3 is 6.18 Å². The summed E-state index contributed by atoms with van der Waals surface area (Å²) in [5.41, 5.74) is 0.217. The first-order valence-electron chi connectivity index (χ1n) is 8.22. The molecule has 0 unspecified atom stereocenters. The van der Waals surface area contributed by atoms with Gasteiger partial charge in [0.1, 0.15) is 5.75 Å². The van der Waals surface area contributed by atoms with E-state index < -0.39 is 23.3 Å². The molecule has 4 aromatic rings. The maximum absolute atomic E-state index is 13.7. The highest BCUT2D eigenvalue weighted by Gasteiger charge is 2.36. The van der Waals surface area contributed by atoms with Gasteiger partial charge in [0.2, 0.25) is 0 Å². The lowest BCUT2D eigenvalue weighted by Crippen LogP contribution is -2.10. The Morgan fingerprint density at radius 3 is 2.28 bits per heavy atom. The Kier molecular flexibility index (Phi) is 4.38. The van der Waals surface area contributed by atoms with Crippen LogP contribution in [0.15, 0.2) is 54.7 Å². The number of benzene rings is 3. The zero-order valence-electron chi connectivity index (χ0n) is 14.4. The second-order valence-corrected chi connectivity index (χ2v) is 6.73. The molecule has 0 aliphatic carbocycles. The van der Waals surface area contributed by atoms with Crippen molar-refractivity contribution < 1.29 is 27.8 Å². The summed E-state index contributed by atoms with van der Waals surface area (Å²) in [5, 5.41) is 24.0. The molecule has 1 aromatic heterocycles. The Morgan fingerprint density at radius 1 is 0.897 bits per heavy atom. The van der Waals surface area contributed by atoms with Gasteiger partial charge in [-0.25, -0.2) is 9.07 Å². The monoisotopic (exact) mass is 422 g/mol. The summed E-state index contributed by atoms with van der Waals surface area (Å²) in [5.74, 6) is -2.90. The molecule has 0 aliphatic heterocycles. The Balaban J connectivity index is 1.83. The van der Waals surface area contributed by atoms with Crippen LogP contribution in [0.1, 0.15) is 5.56 Å². The van der Waals surface area contributed by atoms with Crippen LogP contribution in [0.5, 0.6) is 11.5 Å². The molecule has 0 fully saturated rings. The predicted octanol–water partition coefficient (Wildman–Crippen LogP) is 5.92. The zero-order valence-corrected chi connectivity index (χ0v) is 15.1. The van der Waals surface area contributed by atoms with Gasteiger partial charge in [-0.15, -0.1) is 0 Å². The van der Waals surface area contributed by atoms with Crippen LogP contribution in [-0.4, -0.2) is 20.0 Å². The largest absolute Gasteiger partial charge is 0.506 e. The highest BCUT2D eigenvalue weighted by Crippen LogP contribution is 2.37. The average Bonchev–Trinajstić information content (AvgIpc) is 3.08. The van der Waals surface area contributed by atoms with Gasteiger partial charge in [0.05, 0.1) is 28.0 Å². The first kappa shape index (κ1) is 19.1. The van der Waals surface area contributed by atoms with Gasteiger partial charge in [-0.3, -0.25) is 0 Å². The van der Waals surface area contributed by atoms with E-state index in [0.29, 0.717) is 17.0 Å². The van der Waals surface area contributed by atoms with Crippen molar-refractivity contribution in [2.24, 2.45) is 0 Å². The number of aromatic nitrogens is 2. The highest BCUT2D eigenvalue weighted by molar-refractivity contribution is 6.32. The lowest BCUT2D eigenvalue weighted by molar-refractivity contribution is -0.140. The van der Waals surface area contributed by atoms with E-state index in [-0.39, 0.29) is 16.5 Å². The van der Waals surface area contributed by atoms with Gasteiger partial charge in [0, 0.05) is 11.5 Å². The second-order valence-electron chi connectivity index (χ2n) is 6.32. The van der Waals surface area contributed by atoms with Crippen LogP contribution < -0.4 is 0 Å². The van der Waals surface area contributed by atoms with E-state index in [9.17, 15) is 27.8 Å². The van der Waals surface area contributed by atoms with E-state index in [2.05, 4.69) is 5.10 Å². The van der Waals surface area contributed by atoms with Crippen LogP contribution >= 0.6 is 11.6 Å². The predicted molar refractivity (Wildman–Crippen MR) is 99.8 cm³/mol. The Morgan fingerprint density at radius 2 is 1.59 bits per heavy atom. The molecule has 148 valence electrons. The van der Waals surface area contributed by atoms with Crippen molar-refractivity contribution in [3.8, 4) is 28.3 Å². The van der Waals surface area contributed by atoms with Crippen LogP contribution in [-0.2, 0) is 6.18 Å². The minimum Gasteiger partial charge on any atom is -0.506 e. The molecule has 29 heavy (non-hydrogen) atoms. The third kappa shape index (κ3) is 3.36. The van der Waals surface area contributed by atoms with Gasteiger partial charge < -0.3 is 10.2 Å². The number of phenols is 2. The normalized spacial score (nSPS) is 11.9. The number of aromatic hydroxyl groups is 2. The molecule has 4 nitrogen and oxygen atoms in total. The second kappa shape index (κ2) is 6.66. The molecule has 3 aromatic carbocycles. The van der Waals surface area contributed by atoms with Crippen LogP contribution in [0.25, 0.3) is 27.7 Å². The van der Waals surface area contributed by atoms with Crippen molar-refractivity contribution in [1.82, 2.24) is 9.78 Å². The summed E-state index contributed by atoms with van der Waals surface area (Å²) in [4.78, 5) is 0. The third-order valence-corrected chi connectivity index (χ3v) is 4.74. The number of nitrogens with zero attached hydrogens (tertiary/aromatic N) is 2. The fraction of sp³-hybridized carbons (Fsp3) is 0.0500. The van der Waals surface area contributed by atoms with Crippen LogP contribution in [0.2, 0.25) is 5.02 Å². The van der Waals surface area contributed by atoms with Gasteiger partial charge in [-0.05, 0) is 41.5 Å². The maximum Gasteiger partial charge on any atom is 0.419 e. The van der Waals surface area contributed by atoms with E-state index in [4.69, 9.17) is 11.6 Å². The molecule has 0 saturated heterocycles. The Hall–Kier alpha value is -3.26. The molecule has 0 aliphatic rings. The first-order chi connectivity index (χ1) is 13.6. The van der Waals surface area contributed by atoms with E-state index in [0.717, 1.165) is 17.2 Å².